The van der Waals surface area contributed by atoms with Gasteiger partial charge in [0.2, 0.25) is 0 Å². The fourth-order valence-corrected chi connectivity index (χ4v) is 3.87. The molecule has 102 valence electrons. The Bertz CT molecular complexity index is 769. The molecule has 3 rings (SSSR count). The van der Waals surface area contributed by atoms with Gasteiger partial charge in [-0.15, -0.1) is 0 Å². The molecule has 0 bridgehead atoms. The average Bonchev–Trinajstić information content (AvgIpc) is 2.77. The number of aromatic nitrogens is 2. The summed E-state index contributed by atoms with van der Waals surface area (Å²) in [6.45, 7) is 4.27. The Balaban J connectivity index is 1.99. The van der Waals surface area contributed by atoms with E-state index < -0.39 is 0 Å². The van der Waals surface area contributed by atoms with Gasteiger partial charge in [0.25, 0.3) is 0 Å². The van der Waals surface area contributed by atoms with Crippen LogP contribution >= 0.6 is 0 Å². The SMILES string of the molecule is CCn1c(=[Te])n(CCc2ccccc2)c2ccccc21. The monoisotopic (exact) mass is 380 g/mol. The second kappa shape index (κ2) is 5.99. The van der Waals surface area contributed by atoms with Crippen molar-refractivity contribution in [3.05, 3.63) is 63.6 Å². The van der Waals surface area contributed by atoms with Gasteiger partial charge in [-0.25, -0.2) is 0 Å². The van der Waals surface area contributed by atoms with E-state index in [4.69, 9.17) is 0 Å². The fourth-order valence-electron chi connectivity index (χ4n) is 2.68. The van der Waals surface area contributed by atoms with Crippen molar-refractivity contribution in [2.45, 2.75) is 26.4 Å². The first kappa shape index (κ1) is 13.7. The van der Waals surface area contributed by atoms with Crippen LogP contribution in [0.2, 0.25) is 0 Å². The zero-order chi connectivity index (χ0) is 13.9. The van der Waals surface area contributed by atoms with E-state index in [0.717, 1.165) is 19.5 Å². The number of hydrogen-bond donors (Lipinski definition) is 0. The molecule has 0 aliphatic heterocycles. The van der Waals surface area contributed by atoms with Crippen molar-refractivity contribution in [2.24, 2.45) is 0 Å². The normalized spacial score (nSPS) is 11.1. The third kappa shape index (κ3) is 2.48. The fraction of sp³-hybridized carbons (Fsp3) is 0.235. The number of benzene rings is 2. The molecule has 0 spiro atoms. The first-order valence-corrected chi connectivity index (χ1v) is 8.19. The molecule has 0 unspecified atom stereocenters. The third-order valence-electron chi connectivity index (χ3n) is 3.71. The Labute approximate surface area is 132 Å². The van der Waals surface area contributed by atoms with Gasteiger partial charge in [0, 0.05) is 0 Å². The van der Waals surface area contributed by atoms with Gasteiger partial charge in [-0.2, -0.15) is 0 Å². The molecule has 3 aromatic rings. The maximum atomic E-state index is 2.44. The summed E-state index contributed by atoms with van der Waals surface area (Å²) in [5, 5.41) is 0. The molecule has 0 amide bonds. The summed E-state index contributed by atoms with van der Waals surface area (Å²) >= 11 is 2.13. The van der Waals surface area contributed by atoms with E-state index in [1.54, 1.807) is 0 Å². The molecule has 0 saturated carbocycles. The summed E-state index contributed by atoms with van der Waals surface area (Å²) in [6.07, 6.45) is 1.08. The standard InChI is InChI=1S/C17H18N2Te/c1-2-18-15-10-6-7-11-16(15)19(17(18)20)13-12-14-8-4-3-5-9-14/h3-11H,2,12-13H2,1H3. The Morgan fingerprint density at radius 2 is 1.45 bits per heavy atom. The first-order chi connectivity index (χ1) is 9.81. The second-order valence-electron chi connectivity index (χ2n) is 4.90. The molecule has 0 fully saturated rings. The van der Waals surface area contributed by atoms with E-state index >= 15 is 0 Å². The molecule has 0 saturated heterocycles. The zero-order valence-electron chi connectivity index (χ0n) is 11.6. The molecule has 20 heavy (non-hydrogen) atoms. The Hall–Kier alpha value is -1.30. The van der Waals surface area contributed by atoms with Gasteiger partial charge in [-0.3, -0.25) is 0 Å². The number of rotatable bonds is 4. The van der Waals surface area contributed by atoms with E-state index in [-0.39, 0.29) is 0 Å². The van der Waals surface area contributed by atoms with Crippen LogP contribution in [0.5, 0.6) is 0 Å². The Kier molecular flexibility index (Phi) is 4.10. The molecule has 0 aliphatic rings. The van der Waals surface area contributed by atoms with Crippen LogP contribution in [0.25, 0.3) is 11.0 Å². The number of imidazole rings is 1. The third-order valence-corrected chi connectivity index (χ3v) is 4.97. The van der Waals surface area contributed by atoms with Crippen LogP contribution in [-0.2, 0) is 19.5 Å². The topological polar surface area (TPSA) is 9.86 Å². The molecular formula is C17H18N2Te. The number of hydrogen-bond acceptors (Lipinski definition) is 0. The summed E-state index contributed by atoms with van der Waals surface area (Å²) in [5.74, 6) is 0. The summed E-state index contributed by atoms with van der Waals surface area (Å²) < 4.78 is 6.18. The average molecular weight is 378 g/mol. The quantitative estimate of drug-likeness (QED) is 0.617. The van der Waals surface area contributed by atoms with Crippen molar-refractivity contribution in [1.82, 2.24) is 9.13 Å². The number of para-hydroxylation sites is 2. The predicted octanol–water partition coefficient (Wildman–Crippen LogP) is 3.41. The van der Waals surface area contributed by atoms with E-state index in [0.29, 0.717) is 0 Å². The molecule has 1 aromatic heterocycles. The maximum absolute atomic E-state index is 2.44. The van der Waals surface area contributed by atoms with E-state index in [1.807, 2.05) is 0 Å². The molecule has 1 heterocycles. The van der Waals surface area contributed by atoms with Crippen molar-refractivity contribution in [3.8, 4) is 0 Å². The summed E-state index contributed by atoms with van der Waals surface area (Å²) in [6, 6.07) is 19.4. The second-order valence-corrected chi connectivity index (χ2v) is 5.94. The van der Waals surface area contributed by atoms with Crippen LogP contribution in [0.1, 0.15) is 12.5 Å². The summed E-state index contributed by atoms with van der Waals surface area (Å²) in [5.41, 5.74) is 4.07. The summed E-state index contributed by atoms with van der Waals surface area (Å²) in [4.78, 5) is 0. The Morgan fingerprint density at radius 3 is 2.10 bits per heavy atom. The Morgan fingerprint density at radius 1 is 0.850 bits per heavy atom. The van der Waals surface area contributed by atoms with Crippen molar-refractivity contribution >= 4 is 32.9 Å². The van der Waals surface area contributed by atoms with Gasteiger partial charge in [0.1, 0.15) is 0 Å². The van der Waals surface area contributed by atoms with Crippen molar-refractivity contribution in [1.29, 1.82) is 0 Å². The van der Waals surface area contributed by atoms with Gasteiger partial charge >= 0.3 is 132 Å². The molecule has 2 nitrogen and oxygen atoms in total. The van der Waals surface area contributed by atoms with E-state index in [1.165, 1.54) is 20.1 Å². The van der Waals surface area contributed by atoms with Crippen molar-refractivity contribution in [3.63, 3.8) is 0 Å². The van der Waals surface area contributed by atoms with Crippen LogP contribution in [0, 0.1) is 3.46 Å². The number of aryl methyl sites for hydroxylation is 3. The van der Waals surface area contributed by atoms with Gasteiger partial charge in [0.15, 0.2) is 0 Å². The minimum atomic E-state index is 1.02. The van der Waals surface area contributed by atoms with E-state index in [9.17, 15) is 0 Å². The molecule has 0 aliphatic carbocycles. The zero-order valence-corrected chi connectivity index (χ0v) is 14.0. The first-order valence-electron chi connectivity index (χ1n) is 7.03. The predicted molar refractivity (Wildman–Crippen MR) is 84.7 cm³/mol. The molecule has 2 aromatic carbocycles. The van der Waals surface area contributed by atoms with Crippen LogP contribution < -0.4 is 0 Å². The van der Waals surface area contributed by atoms with Gasteiger partial charge in [0.05, 0.1) is 0 Å². The molecule has 3 heteroatoms. The van der Waals surface area contributed by atoms with Gasteiger partial charge in [-0.05, 0) is 0 Å². The van der Waals surface area contributed by atoms with Gasteiger partial charge < -0.3 is 0 Å². The van der Waals surface area contributed by atoms with E-state index in [2.05, 4.69) is 92.5 Å². The molecule has 0 radical (unpaired) electrons. The van der Waals surface area contributed by atoms with Crippen LogP contribution in [0.15, 0.2) is 54.6 Å². The van der Waals surface area contributed by atoms with Crippen LogP contribution in [0.4, 0.5) is 0 Å². The summed E-state index contributed by atoms with van der Waals surface area (Å²) in [7, 11) is 0. The molecule has 0 atom stereocenters. The van der Waals surface area contributed by atoms with Gasteiger partial charge in [-0.1, -0.05) is 0 Å². The van der Waals surface area contributed by atoms with Crippen molar-refractivity contribution in [2.75, 3.05) is 0 Å². The van der Waals surface area contributed by atoms with Crippen LogP contribution in [0.3, 0.4) is 0 Å². The van der Waals surface area contributed by atoms with Crippen LogP contribution in [-0.4, -0.2) is 31.0 Å². The van der Waals surface area contributed by atoms with Crippen molar-refractivity contribution < 1.29 is 0 Å². The number of nitrogens with zero attached hydrogens (tertiary/aromatic N) is 2. The number of fused-ring (bicyclic) bond motifs is 1. The minimum absolute atomic E-state index is 1.02. The molecule has 0 N–H and O–H groups in total. The molecular weight excluding hydrogens is 360 g/mol.